The van der Waals surface area contributed by atoms with Crippen LogP contribution in [0, 0.1) is 17.6 Å². The van der Waals surface area contributed by atoms with Crippen LogP contribution in [0.2, 0.25) is 0 Å². The molecule has 0 aliphatic heterocycles. The van der Waals surface area contributed by atoms with Gasteiger partial charge in [0, 0.05) is 11.1 Å². The van der Waals surface area contributed by atoms with Crippen molar-refractivity contribution in [3.05, 3.63) is 77.0 Å². The number of nitrogens with one attached hydrogen (secondary N) is 1. The van der Waals surface area contributed by atoms with Gasteiger partial charge in [0.25, 0.3) is 0 Å². The van der Waals surface area contributed by atoms with Crippen molar-refractivity contribution in [2.75, 3.05) is 0 Å². The summed E-state index contributed by atoms with van der Waals surface area (Å²) in [5, 5.41) is 2.95. The Morgan fingerprint density at radius 3 is 2.21 bits per heavy atom. The Kier molecular flexibility index (Phi) is 6.05. The fourth-order valence-electron chi connectivity index (χ4n) is 3.04. The van der Waals surface area contributed by atoms with E-state index in [1.54, 1.807) is 37.3 Å². The van der Waals surface area contributed by atoms with Gasteiger partial charge in [-0.05, 0) is 79.4 Å². The number of rotatable bonds is 5. The fourth-order valence-corrected chi connectivity index (χ4v) is 4.30. The minimum atomic E-state index is -1.43. The summed E-state index contributed by atoms with van der Waals surface area (Å²) in [5.41, 5.74) is 3.17. The van der Waals surface area contributed by atoms with E-state index in [2.05, 4.69) is 9.90 Å². The molecular weight excluding hydrogens is 387 g/mol. The lowest BCUT2D eigenvalue weighted by Gasteiger charge is -2.21. The van der Waals surface area contributed by atoms with Crippen LogP contribution in [-0.2, 0) is 11.0 Å². The maximum atomic E-state index is 15.0. The summed E-state index contributed by atoms with van der Waals surface area (Å²) >= 11 is 0. The van der Waals surface area contributed by atoms with E-state index in [1.807, 2.05) is 45.0 Å². The quantitative estimate of drug-likeness (QED) is 0.504. The average molecular weight is 411 g/mol. The van der Waals surface area contributed by atoms with E-state index in [0.29, 0.717) is 38.4 Å². The predicted octanol–water partition coefficient (Wildman–Crippen LogP) is 6.28. The lowest BCUT2D eigenvalue weighted by molar-refractivity contribution is 0.519. The zero-order valence-electron chi connectivity index (χ0n) is 16.8. The van der Waals surface area contributed by atoms with Crippen molar-refractivity contribution in [1.82, 2.24) is 4.72 Å². The SMILES string of the molecule is Cc1cc(-c2ccc(-c3ccccc3S(=O)NC(C)(C)C)cc2F)ccc1N=O. The molecule has 1 unspecified atom stereocenters. The summed E-state index contributed by atoms with van der Waals surface area (Å²) in [6.07, 6.45) is 0. The van der Waals surface area contributed by atoms with E-state index in [1.165, 1.54) is 6.07 Å². The van der Waals surface area contributed by atoms with Crippen molar-refractivity contribution in [2.45, 2.75) is 38.1 Å². The minimum Gasteiger partial charge on any atom is -0.237 e. The molecule has 0 fully saturated rings. The third kappa shape index (κ3) is 4.83. The minimum absolute atomic E-state index is 0.326. The van der Waals surface area contributed by atoms with Crippen molar-refractivity contribution in [1.29, 1.82) is 0 Å². The first-order chi connectivity index (χ1) is 13.7. The van der Waals surface area contributed by atoms with Gasteiger partial charge < -0.3 is 0 Å². The number of hydrogen-bond acceptors (Lipinski definition) is 3. The van der Waals surface area contributed by atoms with Crippen LogP contribution in [0.25, 0.3) is 22.3 Å². The van der Waals surface area contributed by atoms with E-state index in [0.717, 1.165) is 0 Å². The zero-order chi connectivity index (χ0) is 21.2. The Morgan fingerprint density at radius 1 is 0.931 bits per heavy atom. The predicted molar refractivity (Wildman–Crippen MR) is 117 cm³/mol. The fraction of sp³-hybridized carbons (Fsp3) is 0.217. The number of nitroso groups, excluding NO2 is 1. The lowest BCUT2D eigenvalue weighted by Crippen LogP contribution is -2.37. The first-order valence-corrected chi connectivity index (χ1v) is 10.4. The van der Waals surface area contributed by atoms with Crippen molar-refractivity contribution in [2.24, 2.45) is 5.18 Å². The largest absolute Gasteiger partial charge is 0.237 e. The molecule has 0 aliphatic carbocycles. The van der Waals surface area contributed by atoms with E-state index < -0.39 is 16.8 Å². The number of halogens is 1. The maximum Gasteiger partial charge on any atom is 0.131 e. The number of benzene rings is 3. The standard InChI is InChI=1S/C23H23FN2O2S/c1-15-13-16(10-12-21(15)25-27)18-11-9-17(14-20(18)24)19-7-5-6-8-22(19)29(28)26-23(2,3)4/h5-14,26H,1-4H3. The second kappa shape index (κ2) is 8.35. The Balaban J connectivity index is 2.01. The normalized spacial score (nSPS) is 12.6. The summed E-state index contributed by atoms with van der Waals surface area (Å²) in [6.45, 7) is 7.58. The van der Waals surface area contributed by atoms with Gasteiger partial charge in [-0.2, -0.15) is 0 Å². The lowest BCUT2D eigenvalue weighted by atomic mass is 9.98. The smallest absolute Gasteiger partial charge is 0.131 e. The molecule has 29 heavy (non-hydrogen) atoms. The highest BCUT2D eigenvalue weighted by molar-refractivity contribution is 7.83. The highest BCUT2D eigenvalue weighted by Gasteiger charge is 2.18. The van der Waals surface area contributed by atoms with E-state index >= 15 is 0 Å². The van der Waals surface area contributed by atoms with E-state index in [-0.39, 0.29) is 5.54 Å². The molecule has 0 saturated carbocycles. The van der Waals surface area contributed by atoms with E-state index in [4.69, 9.17) is 0 Å². The molecule has 3 aromatic rings. The van der Waals surface area contributed by atoms with Gasteiger partial charge in [-0.1, -0.05) is 36.4 Å². The third-order valence-corrected chi connectivity index (χ3v) is 5.93. The first-order valence-electron chi connectivity index (χ1n) is 9.22. The van der Waals surface area contributed by atoms with Crippen molar-refractivity contribution < 1.29 is 8.60 Å². The van der Waals surface area contributed by atoms with Crippen LogP contribution in [0.3, 0.4) is 0 Å². The van der Waals surface area contributed by atoms with Crippen LogP contribution in [0.1, 0.15) is 26.3 Å². The topological polar surface area (TPSA) is 58.5 Å². The van der Waals surface area contributed by atoms with Gasteiger partial charge >= 0.3 is 0 Å². The molecule has 6 heteroatoms. The maximum absolute atomic E-state index is 15.0. The van der Waals surface area contributed by atoms with Crippen LogP contribution in [0.15, 0.2) is 70.7 Å². The molecule has 0 aromatic heterocycles. The van der Waals surface area contributed by atoms with Crippen LogP contribution < -0.4 is 4.72 Å². The molecule has 1 atom stereocenters. The summed E-state index contributed by atoms with van der Waals surface area (Å²) in [7, 11) is -1.43. The molecule has 3 aromatic carbocycles. The molecule has 0 amide bonds. The van der Waals surface area contributed by atoms with Crippen molar-refractivity contribution >= 4 is 16.7 Å². The second-order valence-corrected chi connectivity index (χ2v) is 9.09. The summed E-state index contributed by atoms with van der Waals surface area (Å²) < 4.78 is 30.8. The van der Waals surface area contributed by atoms with E-state index in [9.17, 15) is 13.5 Å². The summed E-state index contributed by atoms with van der Waals surface area (Å²) in [6, 6.07) is 17.2. The Hall–Kier alpha value is -2.70. The first kappa shape index (κ1) is 21.0. The third-order valence-electron chi connectivity index (χ3n) is 4.37. The highest BCUT2D eigenvalue weighted by atomic mass is 32.2. The van der Waals surface area contributed by atoms with Gasteiger partial charge in [-0.15, -0.1) is 4.91 Å². The van der Waals surface area contributed by atoms with Gasteiger partial charge in [0.05, 0.1) is 4.90 Å². The van der Waals surface area contributed by atoms with Crippen LogP contribution in [0.4, 0.5) is 10.1 Å². The van der Waals surface area contributed by atoms with Gasteiger partial charge in [-0.3, -0.25) is 0 Å². The zero-order valence-corrected chi connectivity index (χ0v) is 17.6. The molecule has 0 heterocycles. The summed E-state index contributed by atoms with van der Waals surface area (Å²) in [4.78, 5) is 11.4. The monoisotopic (exact) mass is 410 g/mol. The van der Waals surface area contributed by atoms with Gasteiger partial charge in [0.1, 0.15) is 22.5 Å². The molecule has 0 radical (unpaired) electrons. The second-order valence-electron chi connectivity index (χ2n) is 7.90. The molecular formula is C23H23FN2O2S. The molecule has 4 nitrogen and oxygen atoms in total. The van der Waals surface area contributed by atoms with Crippen molar-refractivity contribution in [3.63, 3.8) is 0 Å². The Bertz CT molecular complexity index is 1090. The Labute approximate surface area is 172 Å². The number of hydrogen-bond donors (Lipinski definition) is 1. The molecule has 3 rings (SSSR count). The van der Waals surface area contributed by atoms with Crippen LogP contribution in [0.5, 0.6) is 0 Å². The number of aryl methyl sites for hydroxylation is 1. The van der Waals surface area contributed by atoms with Gasteiger partial charge in [-0.25, -0.2) is 13.3 Å². The molecule has 0 saturated heterocycles. The molecule has 0 bridgehead atoms. The average Bonchev–Trinajstić information content (AvgIpc) is 2.66. The van der Waals surface area contributed by atoms with Crippen molar-refractivity contribution in [3.8, 4) is 22.3 Å². The summed E-state index contributed by atoms with van der Waals surface area (Å²) in [5.74, 6) is -0.391. The van der Waals surface area contributed by atoms with Crippen LogP contribution in [-0.4, -0.2) is 9.75 Å². The molecule has 0 spiro atoms. The van der Waals surface area contributed by atoms with Crippen LogP contribution >= 0.6 is 0 Å². The molecule has 1 N–H and O–H groups in total. The molecule has 150 valence electrons. The molecule has 0 aliphatic rings. The Morgan fingerprint density at radius 2 is 1.59 bits per heavy atom. The van der Waals surface area contributed by atoms with Gasteiger partial charge in [0.2, 0.25) is 0 Å². The van der Waals surface area contributed by atoms with Gasteiger partial charge in [0.15, 0.2) is 0 Å². The number of nitrogens with zero attached hydrogens (tertiary/aromatic N) is 1. The highest BCUT2D eigenvalue weighted by Crippen LogP contribution is 2.32.